The van der Waals surface area contributed by atoms with Crippen molar-refractivity contribution >= 4 is 0 Å². The molecule has 1 aliphatic rings. The molecule has 1 aromatic heterocycles. The average Bonchev–Trinajstić information content (AvgIpc) is 2.74. The molecule has 0 aromatic carbocycles. The predicted octanol–water partition coefficient (Wildman–Crippen LogP) is 2.67. The lowest BCUT2D eigenvalue weighted by molar-refractivity contribution is 0.0508. The van der Waals surface area contributed by atoms with E-state index < -0.39 is 0 Å². The first-order chi connectivity index (χ1) is 7.81. The van der Waals surface area contributed by atoms with Gasteiger partial charge in [-0.25, -0.2) is 0 Å². The Morgan fingerprint density at radius 2 is 2.12 bits per heavy atom. The van der Waals surface area contributed by atoms with Crippen LogP contribution in [0.3, 0.4) is 0 Å². The second kappa shape index (κ2) is 5.51. The Bertz CT molecular complexity index is 315. The van der Waals surface area contributed by atoms with Crippen molar-refractivity contribution in [3.63, 3.8) is 0 Å². The molecule has 0 radical (unpaired) electrons. The van der Waals surface area contributed by atoms with Crippen molar-refractivity contribution in [1.82, 2.24) is 5.32 Å². The molecule has 2 rings (SSSR count). The fourth-order valence-electron chi connectivity index (χ4n) is 2.39. The molecular formula is C13H21NO2. The van der Waals surface area contributed by atoms with E-state index in [1.54, 1.807) is 0 Å². The number of ether oxygens (including phenoxy) is 1. The lowest BCUT2D eigenvalue weighted by atomic mass is 9.90. The van der Waals surface area contributed by atoms with Crippen molar-refractivity contribution < 1.29 is 9.15 Å². The van der Waals surface area contributed by atoms with Crippen molar-refractivity contribution in [3.8, 4) is 0 Å². The summed E-state index contributed by atoms with van der Waals surface area (Å²) in [6.07, 6.45) is 2.24. The molecule has 1 saturated heterocycles. The van der Waals surface area contributed by atoms with Crippen LogP contribution < -0.4 is 5.32 Å². The largest absolute Gasteiger partial charge is 0.465 e. The first-order valence-electron chi connectivity index (χ1n) is 6.18. The number of furan rings is 1. The first kappa shape index (κ1) is 11.7. The molecule has 1 fully saturated rings. The van der Waals surface area contributed by atoms with E-state index in [-0.39, 0.29) is 0 Å². The lowest BCUT2D eigenvalue weighted by Gasteiger charge is -2.29. The molecule has 1 N–H and O–H groups in total. The summed E-state index contributed by atoms with van der Waals surface area (Å²) >= 11 is 0. The summed E-state index contributed by atoms with van der Waals surface area (Å²) in [6.45, 7) is 6.87. The Morgan fingerprint density at radius 3 is 2.69 bits per heavy atom. The molecule has 16 heavy (non-hydrogen) atoms. The second-order valence-corrected chi connectivity index (χ2v) is 4.43. The number of nitrogens with one attached hydrogen (secondary N) is 1. The third-order valence-electron chi connectivity index (χ3n) is 3.23. The number of rotatable bonds is 4. The second-order valence-electron chi connectivity index (χ2n) is 4.43. The summed E-state index contributed by atoms with van der Waals surface area (Å²) in [7, 11) is 0. The first-order valence-corrected chi connectivity index (χ1v) is 6.18. The van der Waals surface area contributed by atoms with Crippen LogP contribution in [0.25, 0.3) is 0 Å². The van der Waals surface area contributed by atoms with Crippen LogP contribution in [0.15, 0.2) is 16.5 Å². The summed E-state index contributed by atoms with van der Waals surface area (Å²) in [4.78, 5) is 0. The number of aryl methyl sites for hydroxylation is 1. The standard InChI is InChI=1S/C13H21NO2/c1-3-14-13(11-6-8-15-9-7-11)12-5-4-10(2)16-12/h4-5,11,13-14H,3,6-9H2,1-2H3. The number of hydrogen-bond acceptors (Lipinski definition) is 3. The van der Waals surface area contributed by atoms with Gasteiger partial charge < -0.3 is 14.5 Å². The minimum atomic E-state index is 0.350. The van der Waals surface area contributed by atoms with Crippen molar-refractivity contribution in [1.29, 1.82) is 0 Å². The molecular weight excluding hydrogens is 202 g/mol. The van der Waals surface area contributed by atoms with E-state index >= 15 is 0 Å². The Hall–Kier alpha value is -0.800. The van der Waals surface area contributed by atoms with Crippen LogP contribution in [0.5, 0.6) is 0 Å². The quantitative estimate of drug-likeness (QED) is 0.852. The van der Waals surface area contributed by atoms with Gasteiger partial charge >= 0.3 is 0 Å². The Balaban J connectivity index is 2.09. The van der Waals surface area contributed by atoms with Gasteiger partial charge in [0, 0.05) is 13.2 Å². The highest BCUT2D eigenvalue weighted by atomic mass is 16.5. The maximum atomic E-state index is 5.75. The van der Waals surface area contributed by atoms with Gasteiger partial charge in [0.25, 0.3) is 0 Å². The molecule has 1 atom stereocenters. The molecule has 0 saturated carbocycles. The van der Waals surface area contributed by atoms with Gasteiger partial charge in [0.2, 0.25) is 0 Å². The van der Waals surface area contributed by atoms with Gasteiger partial charge in [0.05, 0.1) is 6.04 Å². The van der Waals surface area contributed by atoms with Crippen LogP contribution in [-0.2, 0) is 4.74 Å². The van der Waals surface area contributed by atoms with E-state index in [0.29, 0.717) is 12.0 Å². The van der Waals surface area contributed by atoms with Gasteiger partial charge in [-0.1, -0.05) is 6.92 Å². The maximum absolute atomic E-state index is 5.75. The molecule has 1 aliphatic heterocycles. The van der Waals surface area contributed by atoms with E-state index in [2.05, 4.69) is 18.3 Å². The van der Waals surface area contributed by atoms with E-state index in [4.69, 9.17) is 9.15 Å². The van der Waals surface area contributed by atoms with Gasteiger partial charge in [-0.3, -0.25) is 0 Å². The molecule has 0 amide bonds. The zero-order valence-corrected chi connectivity index (χ0v) is 10.2. The highest BCUT2D eigenvalue weighted by molar-refractivity contribution is 5.11. The van der Waals surface area contributed by atoms with Gasteiger partial charge in [0.1, 0.15) is 11.5 Å². The van der Waals surface area contributed by atoms with E-state index in [1.165, 1.54) is 0 Å². The summed E-state index contributed by atoms with van der Waals surface area (Å²) < 4.78 is 11.2. The molecule has 0 spiro atoms. The molecule has 3 heteroatoms. The van der Waals surface area contributed by atoms with Gasteiger partial charge in [0.15, 0.2) is 0 Å². The van der Waals surface area contributed by atoms with Gasteiger partial charge in [-0.2, -0.15) is 0 Å². The van der Waals surface area contributed by atoms with E-state index in [0.717, 1.165) is 44.1 Å². The van der Waals surface area contributed by atoms with Crippen molar-refractivity contribution in [2.75, 3.05) is 19.8 Å². The van der Waals surface area contributed by atoms with Crippen molar-refractivity contribution in [2.24, 2.45) is 5.92 Å². The summed E-state index contributed by atoms with van der Waals surface area (Å²) in [6, 6.07) is 4.49. The third-order valence-corrected chi connectivity index (χ3v) is 3.23. The van der Waals surface area contributed by atoms with Crippen LogP contribution in [0, 0.1) is 12.8 Å². The van der Waals surface area contributed by atoms with E-state index in [9.17, 15) is 0 Å². The van der Waals surface area contributed by atoms with Crippen molar-refractivity contribution in [2.45, 2.75) is 32.7 Å². The van der Waals surface area contributed by atoms with Gasteiger partial charge in [-0.15, -0.1) is 0 Å². The molecule has 3 nitrogen and oxygen atoms in total. The maximum Gasteiger partial charge on any atom is 0.121 e. The van der Waals surface area contributed by atoms with Crippen LogP contribution >= 0.6 is 0 Å². The fraction of sp³-hybridized carbons (Fsp3) is 0.692. The van der Waals surface area contributed by atoms with Crippen LogP contribution in [0.1, 0.15) is 37.3 Å². The minimum Gasteiger partial charge on any atom is -0.465 e. The third kappa shape index (κ3) is 2.66. The van der Waals surface area contributed by atoms with Crippen LogP contribution in [0.4, 0.5) is 0 Å². The lowest BCUT2D eigenvalue weighted by Crippen LogP contribution is -2.31. The van der Waals surface area contributed by atoms with Gasteiger partial charge in [-0.05, 0) is 44.4 Å². The average molecular weight is 223 g/mol. The zero-order chi connectivity index (χ0) is 11.4. The molecule has 0 aliphatic carbocycles. The fourth-order valence-corrected chi connectivity index (χ4v) is 2.39. The molecule has 1 aromatic rings. The molecule has 90 valence electrons. The Kier molecular flexibility index (Phi) is 4.02. The molecule has 1 unspecified atom stereocenters. The summed E-state index contributed by atoms with van der Waals surface area (Å²) in [5.41, 5.74) is 0. The zero-order valence-electron chi connectivity index (χ0n) is 10.2. The number of hydrogen-bond donors (Lipinski definition) is 1. The summed E-state index contributed by atoms with van der Waals surface area (Å²) in [5.74, 6) is 2.70. The highest BCUT2D eigenvalue weighted by Crippen LogP contribution is 2.30. The molecule has 0 bridgehead atoms. The molecule has 2 heterocycles. The smallest absolute Gasteiger partial charge is 0.121 e. The topological polar surface area (TPSA) is 34.4 Å². The normalized spacial score (nSPS) is 19.9. The highest BCUT2D eigenvalue weighted by Gasteiger charge is 2.26. The van der Waals surface area contributed by atoms with Crippen molar-refractivity contribution in [3.05, 3.63) is 23.7 Å². The van der Waals surface area contributed by atoms with E-state index in [1.807, 2.05) is 13.0 Å². The predicted molar refractivity (Wildman–Crippen MR) is 63.4 cm³/mol. The minimum absolute atomic E-state index is 0.350. The SMILES string of the molecule is CCNC(c1ccc(C)o1)C1CCOCC1. The Morgan fingerprint density at radius 1 is 1.38 bits per heavy atom. The summed E-state index contributed by atoms with van der Waals surface area (Å²) in [5, 5.41) is 3.53. The Labute approximate surface area is 97.2 Å². The van der Waals surface area contributed by atoms with Crippen LogP contribution in [-0.4, -0.2) is 19.8 Å². The monoisotopic (exact) mass is 223 g/mol. The van der Waals surface area contributed by atoms with Crippen LogP contribution in [0.2, 0.25) is 0 Å².